The number of piperidine rings is 1. The second-order valence-corrected chi connectivity index (χ2v) is 7.10. The minimum Gasteiger partial charge on any atom is -0.306 e. The lowest BCUT2D eigenvalue weighted by Gasteiger charge is -2.41. The zero-order valence-corrected chi connectivity index (χ0v) is 11.4. The van der Waals surface area contributed by atoms with Gasteiger partial charge >= 0.3 is 0 Å². The fourth-order valence-electron chi connectivity index (χ4n) is 3.02. The molecule has 18 heavy (non-hydrogen) atoms. The second kappa shape index (κ2) is 3.76. The van der Waals surface area contributed by atoms with Gasteiger partial charge in [0.15, 0.2) is 0 Å². The molecular weight excluding hydrogens is 250 g/mol. The van der Waals surface area contributed by atoms with Gasteiger partial charge in [0.2, 0.25) is 10.0 Å². The van der Waals surface area contributed by atoms with Crippen LogP contribution < -0.4 is 0 Å². The average molecular weight is 267 g/mol. The number of nitrogens with zero attached hydrogens (tertiary/aromatic N) is 3. The Hall–Kier alpha value is -0.980. The predicted octanol–water partition coefficient (Wildman–Crippen LogP) is 0.637. The van der Waals surface area contributed by atoms with E-state index in [1.54, 1.807) is 25.4 Å². The third-order valence-corrected chi connectivity index (χ3v) is 6.22. The summed E-state index contributed by atoms with van der Waals surface area (Å²) in [5.74, 6) is 0. The minimum atomic E-state index is -3.36. The Morgan fingerprint density at radius 2 is 1.94 bits per heavy atom. The fraction of sp³-hybridized carbons (Fsp3) is 0.583. The highest BCUT2D eigenvalue weighted by Gasteiger charge is 2.53. The van der Waals surface area contributed by atoms with Crippen molar-refractivity contribution in [1.29, 1.82) is 0 Å². The Morgan fingerprint density at radius 1 is 1.28 bits per heavy atom. The fourth-order valence-corrected chi connectivity index (χ4v) is 4.78. The molecule has 0 atom stereocenters. The third kappa shape index (κ3) is 1.39. The van der Waals surface area contributed by atoms with Crippen LogP contribution >= 0.6 is 0 Å². The first-order valence-electron chi connectivity index (χ1n) is 6.11. The quantitative estimate of drug-likeness (QED) is 0.692. The maximum Gasteiger partial charge on any atom is 0.245 e. The smallest absolute Gasteiger partial charge is 0.245 e. The number of rotatable bonds is 0. The van der Waals surface area contributed by atoms with E-state index in [0.29, 0.717) is 4.90 Å². The van der Waals surface area contributed by atoms with Crippen molar-refractivity contribution in [2.75, 3.05) is 27.2 Å². The van der Waals surface area contributed by atoms with Crippen LogP contribution in [0.15, 0.2) is 23.2 Å². The molecule has 1 aromatic heterocycles. The molecule has 1 spiro atoms. The first kappa shape index (κ1) is 12.1. The monoisotopic (exact) mass is 267 g/mol. The number of sulfonamides is 1. The molecule has 3 rings (SSSR count). The summed E-state index contributed by atoms with van der Waals surface area (Å²) in [5.41, 5.74) is 0.308. The molecule has 2 aliphatic heterocycles. The number of fused-ring (bicyclic) bond motifs is 2. The van der Waals surface area contributed by atoms with Gasteiger partial charge in [-0.05, 0) is 32.0 Å². The van der Waals surface area contributed by atoms with Crippen LogP contribution in [0, 0.1) is 0 Å². The van der Waals surface area contributed by atoms with Crippen molar-refractivity contribution in [3.63, 3.8) is 0 Å². The zero-order chi connectivity index (χ0) is 13.0. The van der Waals surface area contributed by atoms with E-state index in [-0.39, 0.29) is 0 Å². The van der Waals surface area contributed by atoms with Crippen LogP contribution in [0.3, 0.4) is 0 Å². The molecule has 0 saturated carbocycles. The standard InChI is InChI=1S/C12H17N3O2S/c1-14-8-5-12(6-9-14)11-10(4-3-7-13-11)18(16,17)15(12)2/h3-4,7H,5-6,8-9H2,1-2H3. The summed E-state index contributed by atoms with van der Waals surface area (Å²) in [7, 11) is 0.391. The van der Waals surface area contributed by atoms with E-state index in [0.717, 1.165) is 31.6 Å². The van der Waals surface area contributed by atoms with Crippen molar-refractivity contribution in [3.8, 4) is 0 Å². The highest BCUT2D eigenvalue weighted by molar-refractivity contribution is 7.89. The van der Waals surface area contributed by atoms with Crippen LogP contribution in [0.5, 0.6) is 0 Å². The molecule has 1 fully saturated rings. The number of hydrogen-bond acceptors (Lipinski definition) is 4. The first-order chi connectivity index (χ1) is 8.48. The summed E-state index contributed by atoms with van der Waals surface area (Å²) in [4.78, 5) is 6.98. The Kier molecular flexibility index (Phi) is 2.52. The number of hydrogen-bond donors (Lipinski definition) is 0. The molecule has 1 aromatic rings. The Balaban J connectivity index is 2.18. The van der Waals surface area contributed by atoms with Gasteiger partial charge in [-0.2, -0.15) is 4.31 Å². The van der Waals surface area contributed by atoms with E-state index < -0.39 is 15.6 Å². The second-order valence-electron chi connectivity index (χ2n) is 5.16. The summed E-state index contributed by atoms with van der Waals surface area (Å²) in [6, 6.07) is 3.36. The molecule has 2 aliphatic rings. The first-order valence-corrected chi connectivity index (χ1v) is 7.55. The lowest BCUT2D eigenvalue weighted by molar-refractivity contribution is 0.105. The van der Waals surface area contributed by atoms with E-state index in [1.807, 2.05) is 0 Å². The van der Waals surface area contributed by atoms with Gasteiger partial charge in [-0.3, -0.25) is 4.98 Å². The molecule has 3 heterocycles. The minimum absolute atomic E-state index is 0.386. The van der Waals surface area contributed by atoms with Crippen molar-refractivity contribution in [1.82, 2.24) is 14.2 Å². The van der Waals surface area contributed by atoms with E-state index in [1.165, 1.54) is 4.31 Å². The van der Waals surface area contributed by atoms with Crippen molar-refractivity contribution in [3.05, 3.63) is 24.0 Å². The molecule has 98 valence electrons. The van der Waals surface area contributed by atoms with Crippen molar-refractivity contribution < 1.29 is 8.42 Å². The van der Waals surface area contributed by atoms with Gasteiger partial charge in [-0.25, -0.2) is 8.42 Å². The van der Waals surface area contributed by atoms with Crippen molar-refractivity contribution in [2.45, 2.75) is 23.3 Å². The summed E-state index contributed by atoms with van der Waals surface area (Å²) < 4.78 is 26.4. The molecule has 0 aromatic carbocycles. The van der Waals surface area contributed by atoms with Crippen LogP contribution in [-0.2, 0) is 15.6 Å². The zero-order valence-electron chi connectivity index (χ0n) is 10.6. The molecule has 6 heteroatoms. The Bertz CT molecular complexity index is 577. The number of likely N-dealkylation sites (tertiary alicyclic amines) is 1. The van der Waals surface area contributed by atoms with E-state index in [2.05, 4.69) is 16.9 Å². The highest BCUT2D eigenvalue weighted by atomic mass is 32.2. The molecule has 0 unspecified atom stereocenters. The van der Waals surface area contributed by atoms with Crippen LogP contribution in [0.25, 0.3) is 0 Å². The van der Waals surface area contributed by atoms with Gasteiger partial charge in [0.05, 0.1) is 11.2 Å². The normalized spacial score (nSPS) is 26.3. The van der Waals surface area contributed by atoms with Crippen LogP contribution in [0.2, 0.25) is 0 Å². The van der Waals surface area contributed by atoms with Crippen molar-refractivity contribution >= 4 is 10.0 Å². The van der Waals surface area contributed by atoms with Crippen LogP contribution in [-0.4, -0.2) is 49.8 Å². The highest BCUT2D eigenvalue weighted by Crippen LogP contribution is 2.47. The average Bonchev–Trinajstić information content (AvgIpc) is 2.54. The van der Waals surface area contributed by atoms with Gasteiger partial charge in [-0.15, -0.1) is 0 Å². The molecule has 0 aliphatic carbocycles. The maximum atomic E-state index is 12.4. The van der Waals surface area contributed by atoms with E-state index >= 15 is 0 Å². The Morgan fingerprint density at radius 3 is 2.61 bits per heavy atom. The van der Waals surface area contributed by atoms with Gasteiger partial charge < -0.3 is 4.90 Å². The number of pyridine rings is 1. The lowest BCUT2D eigenvalue weighted by Crippen LogP contribution is -2.49. The molecule has 5 nitrogen and oxygen atoms in total. The van der Waals surface area contributed by atoms with Gasteiger partial charge in [0.25, 0.3) is 0 Å². The topological polar surface area (TPSA) is 53.5 Å². The van der Waals surface area contributed by atoms with Crippen LogP contribution in [0.1, 0.15) is 18.5 Å². The molecule has 0 N–H and O–H groups in total. The van der Waals surface area contributed by atoms with Crippen molar-refractivity contribution in [2.24, 2.45) is 0 Å². The SMILES string of the molecule is CN1CCC2(CC1)c1ncccc1S(=O)(=O)N2C. The van der Waals surface area contributed by atoms with Gasteiger partial charge in [0, 0.05) is 26.3 Å². The van der Waals surface area contributed by atoms with Crippen LogP contribution in [0.4, 0.5) is 0 Å². The largest absolute Gasteiger partial charge is 0.306 e. The predicted molar refractivity (Wildman–Crippen MR) is 67.6 cm³/mol. The Labute approximate surface area is 107 Å². The maximum absolute atomic E-state index is 12.4. The molecule has 0 amide bonds. The lowest BCUT2D eigenvalue weighted by atomic mass is 9.84. The summed E-state index contributed by atoms with van der Waals surface area (Å²) >= 11 is 0. The molecule has 0 bridgehead atoms. The summed E-state index contributed by atoms with van der Waals surface area (Å²) in [5, 5.41) is 0. The van der Waals surface area contributed by atoms with Gasteiger partial charge in [0.1, 0.15) is 4.90 Å². The number of aromatic nitrogens is 1. The summed E-state index contributed by atoms with van der Waals surface area (Å²) in [6.07, 6.45) is 3.31. The molecule has 1 saturated heterocycles. The molecule has 0 radical (unpaired) electrons. The van der Waals surface area contributed by atoms with E-state index in [9.17, 15) is 8.42 Å². The van der Waals surface area contributed by atoms with E-state index in [4.69, 9.17) is 0 Å². The molecular formula is C12H17N3O2S. The third-order valence-electron chi connectivity index (χ3n) is 4.27. The van der Waals surface area contributed by atoms with Gasteiger partial charge in [-0.1, -0.05) is 0 Å². The summed E-state index contributed by atoms with van der Waals surface area (Å²) in [6.45, 7) is 1.80.